The van der Waals surface area contributed by atoms with Crippen LogP contribution in [-0.4, -0.2) is 6.61 Å². The zero-order valence-electron chi connectivity index (χ0n) is 10.1. The van der Waals surface area contributed by atoms with Crippen LogP contribution in [0.2, 0.25) is 0 Å². The average Bonchev–Trinajstić information content (AvgIpc) is 2.68. The van der Waals surface area contributed by atoms with Crippen molar-refractivity contribution in [3.05, 3.63) is 50.1 Å². The molecule has 0 aliphatic rings. The molecule has 2 rings (SSSR count). The molecule has 0 fully saturated rings. The Morgan fingerprint density at radius 1 is 1.32 bits per heavy atom. The molecular formula is C13H12BrF2NOS. The zero-order valence-corrected chi connectivity index (χ0v) is 12.5. The molecule has 1 unspecified atom stereocenters. The van der Waals surface area contributed by atoms with Crippen LogP contribution in [0.15, 0.2) is 34.8 Å². The van der Waals surface area contributed by atoms with Crippen molar-refractivity contribution in [1.82, 2.24) is 0 Å². The first kappa shape index (κ1) is 14.4. The Morgan fingerprint density at radius 2 is 2.05 bits per heavy atom. The maximum atomic E-state index is 12.2. The summed E-state index contributed by atoms with van der Waals surface area (Å²) in [5.41, 5.74) is 6.89. The number of alkyl halides is 2. The summed E-state index contributed by atoms with van der Waals surface area (Å²) < 4.78 is 29.7. The standard InChI is InChI=1S/C13H12BrF2NOS/c1-7-10(14)6-11(19-7)12(17)8-3-2-4-9(5-8)18-13(15)16/h2-6,12-13H,17H2,1H3. The Kier molecular flexibility index (Phi) is 4.54. The fraction of sp³-hybridized carbons (Fsp3) is 0.231. The van der Waals surface area contributed by atoms with Crippen LogP contribution in [0, 0.1) is 6.92 Å². The Labute approximate surface area is 122 Å². The Balaban J connectivity index is 2.25. The molecule has 1 atom stereocenters. The molecule has 0 aliphatic carbocycles. The number of aryl methyl sites for hydroxylation is 1. The summed E-state index contributed by atoms with van der Waals surface area (Å²) >= 11 is 5.01. The largest absolute Gasteiger partial charge is 0.435 e. The van der Waals surface area contributed by atoms with E-state index in [0.29, 0.717) is 0 Å². The first-order chi connectivity index (χ1) is 8.97. The smallest absolute Gasteiger partial charge is 0.387 e. The normalized spacial score (nSPS) is 12.7. The van der Waals surface area contributed by atoms with E-state index in [1.165, 1.54) is 6.07 Å². The fourth-order valence-corrected chi connectivity index (χ4v) is 3.27. The second-order valence-electron chi connectivity index (χ2n) is 3.98. The number of thiophene rings is 1. The predicted molar refractivity (Wildman–Crippen MR) is 75.9 cm³/mol. The Bertz CT molecular complexity index is 554. The van der Waals surface area contributed by atoms with E-state index in [9.17, 15) is 8.78 Å². The summed E-state index contributed by atoms with van der Waals surface area (Å²) in [4.78, 5) is 2.10. The van der Waals surface area contributed by atoms with Gasteiger partial charge in [-0.15, -0.1) is 11.3 Å². The molecular weight excluding hydrogens is 336 g/mol. The highest BCUT2D eigenvalue weighted by Crippen LogP contribution is 2.33. The highest BCUT2D eigenvalue weighted by Gasteiger charge is 2.14. The van der Waals surface area contributed by atoms with Crippen molar-refractivity contribution in [2.45, 2.75) is 19.6 Å². The SMILES string of the molecule is Cc1sc(C(N)c2cccc(OC(F)F)c2)cc1Br. The second kappa shape index (κ2) is 5.98. The predicted octanol–water partition coefficient (Wildman–Crippen LogP) is 4.47. The lowest BCUT2D eigenvalue weighted by molar-refractivity contribution is -0.0498. The molecule has 0 bridgehead atoms. The molecule has 2 N–H and O–H groups in total. The maximum Gasteiger partial charge on any atom is 0.387 e. The van der Waals surface area contributed by atoms with E-state index in [1.807, 2.05) is 13.0 Å². The van der Waals surface area contributed by atoms with Gasteiger partial charge in [0, 0.05) is 14.2 Å². The maximum absolute atomic E-state index is 12.2. The highest BCUT2D eigenvalue weighted by molar-refractivity contribution is 9.10. The van der Waals surface area contributed by atoms with Gasteiger partial charge in [-0.3, -0.25) is 0 Å². The molecule has 1 aromatic carbocycles. The van der Waals surface area contributed by atoms with E-state index in [1.54, 1.807) is 29.5 Å². The quantitative estimate of drug-likeness (QED) is 0.885. The van der Waals surface area contributed by atoms with Crippen LogP contribution >= 0.6 is 27.3 Å². The first-order valence-corrected chi connectivity index (χ1v) is 7.14. The molecule has 19 heavy (non-hydrogen) atoms. The van der Waals surface area contributed by atoms with E-state index in [4.69, 9.17) is 5.73 Å². The van der Waals surface area contributed by atoms with Crippen LogP contribution in [0.4, 0.5) is 8.78 Å². The summed E-state index contributed by atoms with van der Waals surface area (Å²) in [5, 5.41) is 0. The van der Waals surface area contributed by atoms with Gasteiger partial charge in [0.15, 0.2) is 0 Å². The molecule has 0 amide bonds. The zero-order chi connectivity index (χ0) is 14.0. The van der Waals surface area contributed by atoms with Gasteiger partial charge in [-0.1, -0.05) is 12.1 Å². The van der Waals surface area contributed by atoms with Crippen molar-refractivity contribution in [3.8, 4) is 5.75 Å². The number of hydrogen-bond donors (Lipinski definition) is 1. The molecule has 102 valence electrons. The average molecular weight is 348 g/mol. The van der Waals surface area contributed by atoms with Gasteiger partial charge in [-0.2, -0.15) is 8.78 Å². The van der Waals surface area contributed by atoms with Gasteiger partial charge in [0.2, 0.25) is 0 Å². The van der Waals surface area contributed by atoms with Crippen LogP contribution in [-0.2, 0) is 0 Å². The Hall–Kier alpha value is -0.980. The van der Waals surface area contributed by atoms with Crippen LogP contribution < -0.4 is 10.5 Å². The van der Waals surface area contributed by atoms with Gasteiger partial charge in [0.05, 0.1) is 6.04 Å². The molecule has 2 aromatic rings. The third-order valence-corrected chi connectivity index (χ3v) is 4.84. The van der Waals surface area contributed by atoms with Gasteiger partial charge < -0.3 is 10.5 Å². The molecule has 1 aromatic heterocycles. The lowest BCUT2D eigenvalue weighted by atomic mass is 10.1. The fourth-order valence-electron chi connectivity index (χ4n) is 1.68. The minimum absolute atomic E-state index is 0.121. The molecule has 0 aliphatic heterocycles. The van der Waals surface area contributed by atoms with Crippen molar-refractivity contribution in [3.63, 3.8) is 0 Å². The van der Waals surface area contributed by atoms with Crippen LogP contribution in [0.5, 0.6) is 5.75 Å². The number of ether oxygens (including phenoxy) is 1. The third kappa shape index (κ3) is 3.52. The molecule has 2 nitrogen and oxygen atoms in total. The molecule has 6 heteroatoms. The van der Waals surface area contributed by atoms with Crippen molar-refractivity contribution >= 4 is 27.3 Å². The van der Waals surface area contributed by atoms with E-state index in [0.717, 1.165) is 19.8 Å². The highest BCUT2D eigenvalue weighted by atomic mass is 79.9. The monoisotopic (exact) mass is 347 g/mol. The van der Waals surface area contributed by atoms with Crippen molar-refractivity contribution < 1.29 is 13.5 Å². The van der Waals surface area contributed by atoms with Gasteiger partial charge in [-0.25, -0.2) is 0 Å². The third-order valence-electron chi connectivity index (χ3n) is 2.63. The van der Waals surface area contributed by atoms with Crippen LogP contribution in [0.3, 0.4) is 0 Å². The van der Waals surface area contributed by atoms with Gasteiger partial charge in [0.1, 0.15) is 5.75 Å². The van der Waals surface area contributed by atoms with Crippen molar-refractivity contribution in [2.75, 3.05) is 0 Å². The molecule has 0 saturated heterocycles. The molecule has 1 heterocycles. The van der Waals surface area contributed by atoms with Crippen molar-refractivity contribution in [1.29, 1.82) is 0 Å². The first-order valence-electron chi connectivity index (χ1n) is 5.53. The number of halogens is 3. The van der Waals surface area contributed by atoms with Gasteiger partial charge in [0.25, 0.3) is 0 Å². The lowest BCUT2D eigenvalue weighted by Gasteiger charge is -2.12. The number of hydrogen-bond acceptors (Lipinski definition) is 3. The van der Waals surface area contributed by atoms with Gasteiger partial charge in [-0.05, 0) is 46.6 Å². The van der Waals surface area contributed by atoms with Gasteiger partial charge >= 0.3 is 6.61 Å². The van der Waals surface area contributed by atoms with E-state index in [2.05, 4.69) is 20.7 Å². The van der Waals surface area contributed by atoms with Crippen molar-refractivity contribution in [2.24, 2.45) is 5.73 Å². The number of rotatable bonds is 4. The summed E-state index contributed by atoms with van der Waals surface area (Å²) in [6.45, 7) is -0.842. The summed E-state index contributed by atoms with van der Waals surface area (Å²) in [6, 6.07) is 8.08. The minimum Gasteiger partial charge on any atom is -0.435 e. The van der Waals surface area contributed by atoms with Crippen LogP contribution in [0.1, 0.15) is 21.4 Å². The topological polar surface area (TPSA) is 35.2 Å². The molecule has 0 saturated carbocycles. The van der Waals surface area contributed by atoms with E-state index >= 15 is 0 Å². The Morgan fingerprint density at radius 3 is 2.63 bits per heavy atom. The lowest BCUT2D eigenvalue weighted by Crippen LogP contribution is -2.10. The number of benzene rings is 1. The summed E-state index contributed by atoms with van der Waals surface area (Å²) in [5.74, 6) is 0.121. The van der Waals surface area contributed by atoms with E-state index in [-0.39, 0.29) is 11.8 Å². The van der Waals surface area contributed by atoms with Crippen LogP contribution in [0.25, 0.3) is 0 Å². The number of nitrogens with two attached hydrogens (primary N) is 1. The molecule has 0 radical (unpaired) electrons. The minimum atomic E-state index is -2.83. The molecule has 0 spiro atoms. The summed E-state index contributed by atoms with van der Waals surface area (Å²) in [6.07, 6.45) is 0. The second-order valence-corrected chi connectivity index (χ2v) is 6.12. The van der Waals surface area contributed by atoms with E-state index < -0.39 is 6.61 Å². The summed E-state index contributed by atoms with van der Waals surface area (Å²) in [7, 11) is 0.